The molecule has 2 aromatic heterocycles. The van der Waals surface area contributed by atoms with E-state index in [1.807, 2.05) is 43.3 Å². The van der Waals surface area contributed by atoms with Crippen LogP contribution in [0.15, 0.2) is 52.5 Å². The zero-order valence-corrected chi connectivity index (χ0v) is 12.9. The zero-order valence-electron chi connectivity index (χ0n) is 11.3. The normalized spacial score (nSPS) is 11.0. The van der Waals surface area contributed by atoms with Gasteiger partial charge in [0.15, 0.2) is 5.16 Å². The summed E-state index contributed by atoms with van der Waals surface area (Å²) in [5.74, 6) is 0.626. The number of nitrogens with zero attached hydrogens (tertiary/aromatic N) is 3. The van der Waals surface area contributed by atoms with Crippen molar-refractivity contribution in [3.8, 4) is 0 Å². The average molecular weight is 318 g/mol. The second-order valence-corrected chi connectivity index (χ2v) is 5.95. The summed E-state index contributed by atoms with van der Waals surface area (Å²) < 4.78 is 1.45. The van der Waals surface area contributed by atoms with Gasteiger partial charge in [-0.15, -0.1) is 0 Å². The van der Waals surface area contributed by atoms with Gasteiger partial charge in [-0.05, 0) is 30.2 Å². The molecule has 3 rings (SSSR count). The highest BCUT2D eigenvalue weighted by Crippen LogP contribution is 2.24. The highest BCUT2D eigenvalue weighted by atomic mass is 35.5. The molecule has 0 aliphatic heterocycles. The summed E-state index contributed by atoms with van der Waals surface area (Å²) in [7, 11) is 0. The number of rotatable bonds is 3. The molecule has 0 bridgehead atoms. The van der Waals surface area contributed by atoms with E-state index in [-0.39, 0.29) is 5.69 Å². The van der Waals surface area contributed by atoms with Crippen molar-refractivity contribution in [1.82, 2.24) is 14.4 Å². The topological polar surface area (TPSA) is 47.3 Å². The van der Waals surface area contributed by atoms with Crippen LogP contribution in [0.4, 0.5) is 0 Å². The van der Waals surface area contributed by atoms with Gasteiger partial charge in [-0.3, -0.25) is 4.40 Å². The summed E-state index contributed by atoms with van der Waals surface area (Å²) in [6.07, 6.45) is 1.74. The third-order valence-electron chi connectivity index (χ3n) is 3.00. The molecule has 1 aromatic carbocycles. The average Bonchev–Trinajstić information content (AvgIpc) is 2.47. The third-order valence-corrected chi connectivity index (χ3v) is 4.26. The van der Waals surface area contributed by atoms with Gasteiger partial charge >= 0.3 is 5.69 Å². The van der Waals surface area contributed by atoms with Crippen LogP contribution in [0.1, 0.15) is 11.1 Å². The fourth-order valence-electron chi connectivity index (χ4n) is 1.92. The van der Waals surface area contributed by atoms with Gasteiger partial charge in [0.05, 0.1) is 0 Å². The number of thioether (sulfide) groups is 1. The van der Waals surface area contributed by atoms with E-state index in [2.05, 4.69) is 9.97 Å². The number of benzene rings is 1. The SMILES string of the molecule is Cc1ccc2nc(SCc3ccccc3Cl)nc(=O)n2c1. The third kappa shape index (κ3) is 3.09. The maximum Gasteiger partial charge on any atom is 0.355 e. The van der Waals surface area contributed by atoms with Gasteiger partial charge in [-0.25, -0.2) is 9.78 Å². The summed E-state index contributed by atoms with van der Waals surface area (Å²) in [5.41, 5.74) is 2.27. The maximum absolute atomic E-state index is 12.0. The van der Waals surface area contributed by atoms with E-state index in [9.17, 15) is 4.79 Å². The Morgan fingerprint density at radius 3 is 2.81 bits per heavy atom. The van der Waals surface area contributed by atoms with Crippen LogP contribution in [0, 0.1) is 6.92 Å². The summed E-state index contributed by atoms with van der Waals surface area (Å²) in [6, 6.07) is 11.4. The number of hydrogen-bond donors (Lipinski definition) is 0. The fourth-order valence-corrected chi connectivity index (χ4v) is 3.04. The Kier molecular flexibility index (Phi) is 3.94. The molecule has 0 aliphatic rings. The molecule has 0 unspecified atom stereocenters. The van der Waals surface area contributed by atoms with Crippen LogP contribution in [0.2, 0.25) is 5.02 Å². The number of fused-ring (bicyclic) bond motifs is 1. The van der Waals surface area contributed by atoms with Gasteiger partial charge in [-0.1, -0.05) is 47.6 Å². The van der Waals surface area contributed by atoms with E-state index < -0.39 is 0 Å². The van der Waals surface area contributed by atoms with Crippen molar-refractivity contribution >= 4 is 29.0 Å². The molecular weight excluding hydrogens is 306 g/mol. The first-order valence-electron chi connectivity index (χ1n) is 6.37. The second kappa shape index (κ2) is 5.87. The Morgan fingerprint density at radius 1 is 1.19 bits per heavy atom. The minimum absolute atomic E-state index is 0.314. The minimum Gasteiger partial charge on any atom is -0.251 e. The smallest absolute Gasteiger partial charge is 0.251 e. The maximum atomic E-state index is 12.0. The van der Waals surface area contributed by atoms with E-state index in [1.165, 1.54) is 16.2 Å². The summed E-state index contributed by atoms with van der Waals surface area (Å²) in [5, 5.41) is 1.17. The highest BCUT2D eigenvalue weighted by Gasteiger charge is 2.06. The van der Waals surface area contributed by atoms with E-state index in [0.29, 0.717) is 21.6 Å². The molecule has 21 heavy (non-hydrogen) atoms. The molecule has 0 N–H and O–H groups in total. The van der Waals surface area contributed by atoms with Gasteiger partial charge in [0, 0.05) is 17.0 Å². The van der Waals surface area contributed by atoms with E-state index in [0.717, 1.165) is 11.1 Å². The summed E-state index contributed by atoms with van der Waals surface area (Å²) in [6.45, 7) is 1.92. The molecule has 0 amide bonds. The Balaban J connectivity index is 1.90. The van der Waals surface area contributed by atoms with Crippen molar-refractivity contribution in [2.75, 3.05) is 0 Å². The standard InChI is InChI=1S/C15H12ClN3OS/c1-10-6-7-13-17-14(18-15(20)19(13)8-10)21-9-11-4-2-3-5-12(11)16/h2-8H,9H2,1H3. The van der Waals surface area contributed by atoms with Crippen molar-refractivity contribution in [1.29, 1.82) is 0 Å². The molecule has 2 heterocycles. The Labute approximate surface area is 130 Å². The van der Waals surface area contributed by atoms with E-state index in [1.54, 1.807) is 6.20 Å². The van der Waals surface area contributed by atoms with Crippen LogP contribution in [-0.2, 0) is 5.75 Å². The predicted octanol–water partition coefficient (Wildman–Crippen LogP) is 3.34. The van der Waals surface area contributed by atoms with Gasteiger partial charge in [0.1, 0.15) is 5.65 Å². The van der Waals surface area contributed by atoms with Crippen molar-refractivity contribution in [2.45, 2.75) is 17.8 Å². The summed E-state index contributed by atoms with van der Waals surface area (Å²) >= 11 is 7.52. The first-order valence-corrected chi connectivity index (χ1v) is 7.73. The molecule has 0 atom stereocenters. The molecule has 6 heteroatoms. The first kappa shape index (κ1) is 14.1. The number of aromatic nitrogens is 3. The van der Waals surface area contributed by atoms with Crippen molar-refractivity contribution in [3.63, 3.8) is 0 Å². The lowest BCUT2D eigenvalue weighted by molar-refractivity contribution is 0.843. The molecule has 0 spiro atoms. The van der Waals surface area contributed by atoms with E-state index in [4.69, 9.17) is 11.6 Å². The monoisotopic (exact) mass is 317 g/mol. The number of pyridine rings is 1. The van der Waals surface area contributed by atoms with Crippen molar-refractivity contribution in [2.24, 2.45) is 0 Å². The summed E-state index contributed by atoms with van der Waals surface area (Å²) in [4.78, 5) is 20.4. The molecule has 4 nitrogen and oxygen atoms in total. The van der Waals surface area contributed by atoms with E-state index >= 15 is 0 Å². The van der Waals surface area contributed by atoms with Gasteiger partial charge in [-0.2, -0.15) is 4.98 Å². The largest absolute Gasteiger partial charge is 0.355 e. The molecule has 0 saturated carbocycles. The van der Waals surface area contributed by atoms with Gasteiger partial charge < -0.3 is 0 Å². The van der Waals surface area contributed by atoms with Crippen LogP contribution in [-0.4, -0.2) is 14.4 Å². The minimum atomic E-state index is -0.314. The van der Waals surface area contributed by atoms with Crippen LogP contribution >= 0.6 is 23.4 Å². The second-order valence-electron chi connectivity index (χ2n) is 4.60. The zero-order chi connectivity index (χ0) is 14.8. The van der Waals surface area contributed by atoms with Crippen molar-refractivity contribution in [3.05, 3.63) is 69.2 Å². The predicted molar refractivity (Wildman–Crippen MR) is 85.0 cm³/mol. The molecule has 0 fully saturated rings. The first-order chi connectivity index (χ1) is 10.1. The van der Waals surface area contributed by atoms with Crippen LogP contribution in [0.3, 0.4) is 0 Å². The van der Waals surface area contributed by atoms with Gasteiger partial charge in [0.25, 0.3) is 0 Å². The molecule has 0 aliphatic carbocycles. The molecule has 106 valence electrons. The fraction of sp³-hybridized carbons (Fsp3) is 0.133. The number of aryl methyl sites for hydroxylation is 1. The lowest BCUT2D eigenvalue weighted by Gasteiger charge is -2.05. The lowest BCUT2D eigenvalue weighted by Crippen LogP contribution is -2.19. The Hall–Kier alpha value is -1.85. The van der Waals surface area contributed by atoms with Crippen LogP contribution < -0.4 is 5.69 Å². The van der Waals surface area contributed by atoms with Crippen LogP contribution in [0.25, 0.3) is 5.65 Å². The number of hydrogen-bond acceptors (Lipinski definition) is 4. The Morgan fingerprint density at radius 2 is 2.00 bits per heavy atom. The van der Waals surface area contributed by atoms with Gasteiger partial charge in [0.2, 0.25) is 0 Å². The Bertz CT molecular complexity index is 863. The number of halogens is 1. The molecule has 0 radical (unpaired) electrons. The van der Waals surface area contributed by atoms with Crippen molar-refractivity contribution < 1.29 is 0 Å². The van der Waals surface area contributed by atoms with Crippen LogP contribution in [0.5, 0.6) is 0 Å². The molecular formula is C15H12ClN3OS. The quantitative estimate of drug-likeness (QED) is 0.695. The lowest BCUT2D eigenvalue weighted by atomic mass is 10.2. The molecule has 0 saturated heterocycles. The molecule has 3 aromatic rings. The highest BCUT2D eigenvalue weighted by molar-refractivity contribution is 7.98.